The predicted molar refractivity (Wildman–Crippen MR) is 68.4 cm³/mol. The zero-order valence-electron chi connectivity index (χ0n) is 11.3. The van der Waals surface area contributed by atoms with Crippen molar-refractivity contribution in [1.29, 1.82) is 0 Å². The average molecular weight is 242 g/mol. The van der Waals surface area contributed by atoms with Gasteiger partial charge in [-0.15, -0.1) is 0 Å². The van der Waals surface area contributed by atoms with Crippen molar-refractivity contribution in [3.05, 3.63) is 0 Å². The minimum absolute atomic E-state index is 0.0936. The molecule has 0 aromatic heterocycles. The van der Waals surface area contributed by atoms with Gasteiger partial charge in [0.25, 0.3) is 0 Å². The molecule has 3 N–H and O–H groups in total. The molecule has 0 radical (unpaired) electrons. The fraction of sp³-hybridized carbons (Fsp3) is 0.923. The van der Waals surface area contributed by atoms with Crippen LogP contribution in [0.1, 0.15) is 40.0 Å². The minimum atomic E-state index is -0.731. The quantitative estimate of drug-likeness (QED) is 0.772. The van der Waals surface area contributed by atoms with Gasteiger partial charge in [0.2, 0.25) is 5.91 Å². The smallest absolute Gasteiger partial charge is 0.227 e. The van der Waals surface area contributed by atoms with Crippen LogP contribution in [-0.4, -0.2) is 41.1 Å². The van der Waals surface area contributed by atoms with E-state index in [2.05, 4.69) is 13.8 Å². The van der Waals surface area contributed by atoms with Crippen LogP contribution in [0.5, 0.6) is 0 Å². The van der Waals surface area contributed by atoms with Gasteiger partial charge < -0.3 is 15.7 Å². The van der Waals surface area contributed by atoms with E-state index in [1.807, 2.05) is 0 Å². The van der Waals surface area contributed by atoms with Crippen LogP contribution in [0, 0.1) is 11.8 Å². The summed E-state index contributed by atoms with van der Waals surface area (Å²) in [6.45, 7) is 7.59. The molecule has 4 heteroatoms. The topological polar surface area (TPSA) is 66.6 Å². The van der Waals surface area contributed by atoms with Gasteiger partial charge in [-0.1, -0.05) is 13.8 Å². The van der Waals surface area contributed by atoms with E-state index in [0.717, 1.165) is 25.8 Å². The number of nitrogens with two attached hydrogens (primary N) is 1. The van der Waals surface area contributed by atoms with Crippen molar-refractivity contribution < 1.29 is 9.90 Å². The molecule has 1 aliphatic heterocycles. The third kappa shape index (κ3) is 4.28. The summed E-state index contributed by atoms with van der Waals surface area (Å²) in [5.74, 6) is 0.489. The summed E-state index contributed by atoms with van der Waals surface area (Å²) in [6, 6.07) is 0. The molecule has 17 heavy (non-hydrogen) atoms. The second kappa shape index (κ2) is 5.83. The Morgan fingerprint density at radius 1 is 1.53 bits per heavy atom. The first-order valence-corrected chi connectivity index (χ1v) is 6.57. The molecule has 1 aliphatic rings. The minimum Gasteiger partial charge on any atom is -0.388 e. The zero-order valence-corrected chi connectivity index (χ0v) is 11.3. The van der Waals surface area contributed by atoms with E-state index in [1.54, 1.807) is 11.8 Å². The van der Waals surface area contributed by atoms with Gasteiger partial charge in [0.1, 0.15) is 0 Å². The number of hydrogen-bond acceptors (Lipinski definition) is 3. The lowest BCUT2D eigenvalue weighted by atomic mass is 9.91. The highest BCUT2D eigenvalue weighted by atomic mass is 16.3. The van der Waals surface area contributed by atoms with Gasteiger partial charge in [0.05, 0.1) is 11.5 Å². The highest BCUT2D eigenvalue weighted by molar-refractivity contribution is 5.79. The first kappa shape index (κ1) is 14.5. The van der Waals surface area contributed by atoms with Crippen LogP contribution in [0.2, 0.25) is 0 Å². The summed E-state index contributed by atoms with van der Waals surface area (Å²) in [7, 11) is 0. The molecule has 4 nitrogen and oxygen atoms in total. The summed E-state index contributed by atoms with van der Waals surface area (Å²) >= 11 is 0. The number of likely N-dealkylation sites (tertiary alicyclic amines) is 1. The Bertz CT molecular complexity index is 264. The van der Waals surface area contributed by atoms with Gasteiger partial charge in [0, 0.05) is 19.6 Å². The molecule has 1 amide bonds. The number of hydrogen-bond donors (Lipinski definition) is 2. The van der Waals surface area contributed by atoms with Crippen molar-refractivity contribution in [3.63, 3.8) is 0 Å². The molecule has 2 unspecified atom stereocenters. The molecule has 0 aromatic carbocycles. The third-order valence-corrected chi connectivity index (χ3v) is 3.38. The lowest BCUT2D eigenvalue weighted by Crippen LogP contribution is -2.51. The third-order valence-electron chi connectivity index (χ3n) is 3.38. The van der Waals surface area contributed by atoms with Crippen LogP contribution in [0.4, 0.5) is 0 Å². The Hall–Kier alpha value is -0.610. The van der Waals surface area contributed by atoms with E-state index < -0.39 is 5.60 Å². The Kier molecular flexibility index (Phi) is 4.95. The van der Waals surface area contributed by atoms with E-state index in [-0.39, 0.29) is 11.8 Å². The summed E-state index contributed by atoms with van der Waals surface area (Å²) in [5, 5.41) is 10.0. The molecule has 0 bridgehead atoms. The van der Waals surface area contributed by atoms with Crippen LogP contribution in [0.25, 0.3) is 0 Å². The molecule has 0 aromatic rings. The molecule has 1 heterocycles. The number of carbonyl (C=O) groups excluding carboxylic acids is 1. The molecular weight excluding hydrogens is 216 g/mol. The van der Waals surface area contributed by atoms with Gasteiger partial charge in [-0.2, -0.15) is 0 Å². The van der Waals surface area contributed by atoms with E-state index in [0.29, 0.717) is 19.0 Å². The molecule has 0 saturated carbocycles. The molecule has 0 spiro atoms. The van der Waals surface area contributed by atoms with E-state index >= 15 is 0 Å². The van der Waals surface area contributed by atoms with Gasteiger partial charge >= 0.3 is 0 Å². The Morgan fingerprint density at radius 3 is 2.65 bits per heavy atom. The monoisotopic (exact) mass is 242 g/mol. The van der Waals surface area contributed by atoms with Crippen LogP contribution in [0.15, 0.2) is 0 Å². The number of aliphatic hydroxyl groups is 1. The van der Waals surface area contributed by atoms with Gasteiger partial charge in [-0.05, 0) is 32.1 Å². The van der Waals surface area contributed by atoms with Crippen LogP contribution in [-0.2, 0) is 4.79 Å². The van der Waals surface area contributed by atoms with Crippen LogP contribution < -0.4 is 5.73 Å². The lowest BCUT2D eigenvalue weighted by Gasteiger charge is -2.38. The van der Waals surface area contributed by atoms with Crippen molar-refractivity contribution in [2.75, 3.05) is 19.6 Å². The number of rotatable bonds is 4. The largest absolute Gasteiger partial charge is 0.388 e. The maximum absolute atomic E-state index is 12.3. The maximum Gasteiger partial charge on any atom is 0.227 e. The number of amides is 1. The molecule has 1 saturated heterocycles. The van der Waals surface area contributed by atoms with Crippen molar-refractivity contribution >= 4 is 5.91 Å². The first-order valence-electron chi connectivity index (χ1n) is 6.57. The van der Waals surface area contributed by atoms with Crippen molar-refractivity contribution in [3.8, 4) is 0 Å². The predicted octanol–water partition coefficient (Wildman–Crippen LogP) is 0.981. The van der Waals surface area contributed by atoms with Crippen LogP contribution >= 0.6 is 0 Å². The lowest BCUT2D eigenvalue weighted by molar-refractivity contribution is -0.142. The van der Waals surface area contributed by atoms with E-state index in [1.165, 1.54) is 0 Å². The highest BCUT2D eigenvalue weighted by Gasteiger charge is 2.33. The highest BCUT2D eigenvalue weighted by Crippen LogP contribution is 2.23. The molecular formula is C13H26N2O2. The summed E-state index contributed by atoms with van der Waals surface area (Å²) in [4.78, 5) is 14.1. The molecule has 1 rings (SSSR count). The van der Waals surface area contributed by atoms with E-state index in [4.69, 9.17) is 5.73 Å². The SMILES string of the molecule is CC(C)CC(CN)C(=O)N1CCCC(C)(O)C1. The Morgan fingerprint density at radius 2 is 2.18 bits per heavy atom. The number of nitrogens with zero attached hydrogens (tertiary/aromatic N) is 1. The fourth-order valence-corrected chi connectivity index (χ4v) is 2.53. The second-order valence-corrected chi connectivity index (χ2v) is 5.92. The van der Waals surface area contributed by atoms with Gasteiger partial charge in [-0.25, -0.2) is 0 Å². The summed E-state index contributed by atoms with van der Waals surface area (Å²) in [6.07, 6.45) is 2.47. The molecule has 0 aliphatic carbocycles. The summed E-state index contributed by atoms with van der Waals surface area (Å²) < 4.78 is 0. The first-order chi connectivity index (χ1) is 7.85. The fourth-order valence-electron chi connectivity index (χ4n) is 2.53. The molecule has 100 valence electrons. The number of β-amino-alcohol motifs (C(OH)–C–C–N with tert-alkyl or cyclic N) is 1. The molecule has 1 fully saturated rings. The Balaban J connectivity index is 2.61. The van der Waals surface area contributed by atoms with Crippen molar-refractivity contribution in [2.45, 2.75) is 45.6 Å². The maximum atomic E-state index is 12.3. The van der Waals surface area contributed by atoms with Crippen molar-refractivity contribution in [1.82, 2.24) is 4.90 Å². The second-order valence-electron chi connectivity index (χ2n) is 5.92. The zero-order chi connectivity index (χ0) is 13.1. The normalized spacial score (nSPS) is 27.3. The van der Waals surface area contributed by atoms with Gasteiger partial charge in [0.15, 0.2) is 0 Å². The molecule has 2 atom stereocenters. The number of piperidine rings is 1. The standard InChI is InChI=1S/C13H26N2O2/c1-10(2)7-11(8-14)12(16)15-6-4-5-13(3,17)9-15/h10-11,17H,4-9,14H2,1-3H3. The van der Waals surface area contributed by atoms with Gasteiger partial charge in [-0.3, -0.25) is 4.79 Å². The summed E-state index contributed by atoms with van der Waals surface area (Å²) in [5.41, 5.74) is 4.95. The van der Waals surface area contributed by atoms with E-state index in [9.17, 15) is 9.90 Å². The average Bonchev–Trinajstić information content (AvgIpc) is 2.23. The van der Waals surface area contributed by atoms with Crippen LogP contribution in [0.3, 0.4) is 0 Å². The Labute approximate surface area is 104 Å². The van der Waals surface area contributed by atoms with Crippen molar-refractivity contribution in [2.24, 2.45) is 17.6 Å². The number of carbonyl (C=O) groups is 1.